The highest BCUT2D eigenvalue weighted by atomic mass is 32.2. The van der Waals surface area contributed by atoms with E-state index in [1.54, 1.807) is 17.0 Å². The zero-order valence-electron chi connectivity index (χ0n) is 19.9. The van der Waals surface area contributed by atoms with Crippen LogP contribution in [0.3, 0.4) is 0 Å². The third-order valence-corrected chi connectivity index (χ3v) is 10.2. The van der Waals surface area contributed by atoms with Gasteiger partial charge in [-0.05, 0) is 74.0 Å². The molecule has 6 rings (SSSR count). The van der Waals surface area contributed by atoms with Gasteiger partial charge >= 0.3 is 5.97 Å². The van der Waals surface area contributed by atoms with Crippen LogP contribution in [-0.2, 0) is 31.0 Å². The van der Waals surface area contributed by atoms with Gasteiger partial charge in [-0.25, -0.2) is 17.5 Å². The van der Waals surface area contributed by atoms with Crippen molar-refractivity contribution in [3.8, 4) is 0 Å². The zero-order valence-corrected chi connectivity index (χ0v) is 20.7. The molecular formula is C25H34N2O6S. The molecule has 2 atom stereocenters. The molecule has 34 heavy (non-hydrogen) atoms. The number of ether oxygens (including phenoxy) is 1. The van der Waals surface area contributed by atoms with Gasteiger partial charge in [-0.2, -0.15) is 0 Å². The first kappa shape index (κ1) is 23.8. The van der Waals surface area contributed by atoms with E-state index in [4.69, 9.17) is 4.74 Å². The third kappa shape index (κ3) is 4.16. The number of β-amino-alcohol motifs (C(OH)–C–C–N with tert-alkyl or cyclic N) is 1. The summed E-state index contributed by atoms with van der Waals surface area (Å²) in [4.78, 5) is 28.5. The number of nitrogens with zero attached hydrogens (tertiary/aromatic N) is 2. The lowest BCUT2D eigenvalue weighted by atomic mass is 9.49. The summed E-state index contributed by atoms with van der Waals surface area (Å²) in [5.74, 6) is 1.30. The van der Waals surface area contributed by atoms with Crippen molar-refractivity contribution in [1.82, 2.24) is 9.21 Å². The van der Waals surface area contributed by atoms with E-state index in [9.17, 15) is 23.1 Å². The van der Waals surface area contributed by atoms with Crippen LogP contribution in [-0.4, -0.2) is 67.4 Å². The Kier molecular flexibility index (Phi) is 6.01. The number of amides is 1. The smallest absolute Gasteiger partial charge is 0.329 e. The van der Waals surface area contributed by atoms with Crippen LogP contribution >= 0.6 is 0 Å². The molecule has 4 bridgehead atoms. The van der Waals surface area contributed by atoms with E-state index < -0.39 is 28.1 Å². The van der Waals surface area contributed by atoms with Gasteiger partial charge in [0.05, 0.1) is 16.4 Å². The predicted molar refractivity (Wildman–Crippen MR) is 124 cm³/mol. The van der Waals surface area contributed by atoms with Crippen molar-refractivity contribution in [3.63, 3.8) is 0 Å². The number of benzene rings is 1. The van der Waals surface area contributed by atoms with Gasteiger partial charge in [0.25, 0.3) is 0 Å². The second kappa shape index (κ2) is 8.60. The summed E-state index contributed by atoms with van der Waals surface area (Å²) in [6.07, 6.45) is 5.81. The van der Waals surface area contributed by atoms with Crippen molar-refractivity contribution < 1.29 is 27.9 Å². The minimum Gasteiger partial charge on any atom is -0.459 e. The fourth-order valence-electron chi connectivity index (χ4n) is 7.20. The lowest BCUT2D eigenvalue weighted by molar-refractivity contribution is -0.166. The van der Waals surface area contributed by atoms with Gasteiger partial charge in [0, 0.05) is 27.1 Å². The Bertz CT molecular complexity index is 1050. The number of carbonyl (C=O) groups is 2. The summed E-state index contributed by atoms with van der Waals surface area (Å²) >= 11 is 0. The van der Waals surface area contributed by atoms with Gasteiger partial charge in [0.2, 0.25) is 15.9 Å². The number of esters is 1. The molecule has 1 unspecified atom stereocenters. The van der Waals surface area contributed by atoms with E-state index in [-0.39, 0.29) is 35.8 Å². The monoisotopic (exact) mass is 490 g/mol. The number of hydrogen-bond donors (Lipinski definition) is 1. The molecule has 1 heterocycles. The van der Waals surface area contributed by atoms with Crippen LogP contribution in [0.4, 0.5) is 0 Å². The molecule has 1 aromatic rings. The molecule has 5 fully saturated rings. The lowest BCUT2D eigenvalue weighted by Crippen LogP contribution is -2.56. The van der Waals surface area contributed by atoms with E-state index in [1.807, 2.05) is 0 Å². The first-order valence-corrected chi connectivity index (χ1v) is 13.7. The van der Waals surface area contributed by atoms with Crippen LogP contribution in [0.25, 0.3) is 0 Å². The quantitative estimate of drug-likeness (QED) is 0.613. The molecule has 9 heteroatoms. The lowest BCUT2D eigenvalue weighted by Gasteiger charge is -2.56. The molecular weight excluding hydrogens is 456 g/mol. The summed E-state index contributed by atoms with van der Waals surface area (Å²) in [5, 5.41) is 10.3. The van der Waals surface area contributed by atoms with Crippen LogP contribution in [0, 0.1) is 23.2 Å². The van der Waals surface area contributed by atoms with Crippen LogP contribution in [0.1, 0.15) is 50.5 Å². The topological polar surface area (TPSA) is 104 Å². The average Bonchev–Trinajstić information content (AvgIpc) is 3.17. The summed E-state index contributed by atoms with van der Waals surface area (Å²) in [5.41, 5.74) is 0.167. The molecule has 0 radical (unpaired) electrons. The standard InChI is InChI=1S/C25H34N2O6S/c1-26(2)34(31,32)21-5-3-4-16(9-21)15-33-23(29)22-10-20(28)14-27(22)24(30)25-11-17-6-18(12-25)8-19(7-17)13-25/h3-5,9,17-20,22,28H,6-8,10-15H2,1-2H3/t17?,18?,19?,20?,22-,25?/m0/s1. The molecule has 186 valence electrons. The highest BCUT2D eigenvalue weighted by molar-refractivity contribution is 7.89. The molecule has 4 saturated carbocycles. The number of rotatable bonds is 6. The predicted octanol–water partition coefficient (Wildman–Crippen LogP) is 2.16. The Morgan fingerprint density at radius 3 is 2.29 bits per heavy atom. The van der Waals surface area contributed by atoms with E-state index in [0.29, 0.717) is 23.3 Å². The second-order valence-corrected chi connectivity index (χ2v) is 13.3. The fourth-order valence-corrected chi connectivity index (χ4v) is 8.17. The third-order valence-electron chi connectivity index (χ3n) is 8.36. The first-order chi connectivity index (χ1) is 16.1. The molecule has 0 spiro atoms. The molecule has 4 aliphatic carbocycles. The highest BCUT2D eigenvalue weighted by Gasteiger charge is 2.57. The number of likely N-dealkylation sites (tertiary alicyclic amines) is 1. The average molecular weight is 491 g/mol. The molecule has 5 aliphatic rings. The van der Waals surface area contributed by atoms with Crippen molar-refractivity contribution in [2.75, 3.05) is 20.6 Å². The van der Waals surface area contributed by atoms with Gasteiger partial charge in [0.15, 0.2) is 0 Å². The molecule has 1 aliphatic heterocycles. The van der Waals surface area contributed by atoms with Gasteiger partial charge in [0.1, 0.15) is 12.6 Å². The maximum atomic E-state index is 13.8. The summed E-state index contributed by atoms with van der Waals surface area (Å²) < 4.78 is 31.5. The fraction of sp³-hybridized carbons (Fsp3) is 0.680. The van der Waals surface area contributed by atoms with Crippen molar-refractivity contribution in [2.24, 2.45) is 23.2 Å². The minimum atomic E-state index is -3.60. The van der Waals surface area contributed by atoms with Crippen molar-refractivity contribution in [1.29, 1.82) is 0 Å². The highest BCUT2D eigenvalue weighted by Crippen LogP contribution is 2.60. The van der Waals surface area contributed by atoms with Gasteiger partial charge in [-0.3, -0.25) is 4.79 Å². The van der Waals surface area contributed by atoms with Gasteiger partial charge in [-0.1, -0.05) is 12.1 Å². The van der Waals surface area contributed by atoms with E-state index in [0.717, 1.165) is 23.6 Å². The van der Waals surface area contributed by atoms with Crippen molar-refractivity contribution in [3.05, 3.63) is 29.8 Å². The van der Waals surface area contributed by atoms with Crippen molar-refractivity contribution in [2.45, 2.75) is 68.6 Å². The first-order valence-electron chi connectivity index (χ1n) is 12.2. The summed E-state index contributed by atoms with van der Waals surface area (Å²) in [7, 11) is -0.674. The maximum absolute atomic E-state index is 13.8. The summed E-state index contributed by atoms with van der Waals surface area (Å²) in [6.45, 7) is 0.0680. The molecule has 1 N–H and O–H groups in total. The van der Waals surface area contributed by atoms with Crippen LogP contribution in [0.5, 0.6) is 0 Å². The van der Waals surface area contributed by atoms with E-state index in [1.165, 1.54) is 45.5 Å². The number of hydrogen-bond acceptors (Lipinski definition) is 6. The molecule has 0 aromatic heterocycles. The van der Waals surface area contributed by atoms with Crippen LogP contribution in [0.2, 0.25) is 0 Å². The number of aliphatic hydroxyl groups excluding tert-OH is 1. The molecule has 8 nitrogen and oxygen atoms in total. The second-order valence-electron chi connectivity index (χ2n) is 11.1. The number of aliphatic hydroxyl groups is 1. The molecule has 1 aromatic carbocycles. The number of sulfonamides is 1. The largest absolute Gasteiger partial charge is 0.459 e. The van der Waals surface area contributed by atoms with Gasteiger partial charge < -0.3 is 14.7 Å². The maximum Gasteiger partial charge on any atom is 0.329 e. The molecule has 1 saturated heterocycles. The molecule has 1 amide bonds. The normalized spacial score (nSPS) is 34.6. The van der Waals surface area contributed by atoms with Crippen LogP contribution in [0.15, 0.2) is 29.2 Å². The van der Waals surface area contributed by atoms with Gasteiger partial charge in [-0.15, -0.1) is 0 Å². The van der Waals surface area contributed by atoms with Crippen molar-refractivity contribution >= 4 is 21.9 Å². The van der Waals surface area contributed by atoms with E-state index in [2.05, 4.69) is 0 Å². The van der Waals surface area contributed by atoms with E-state index >= 15 is 0 Å². The Labute approximate surface area is 201 Å². The van der Waals surface area contributed by atoms with Crippen LogP contribution < -0.4 is 0 Å². The SMILES string of the molecule is CN(C)S(=O)(=O)c1cccc(COC(=O)[C@@H]2CC(O)CN2C(=O)C23CC4CC(CC(C4)C2)C3)c1. The Balaban J connectivity index is 1.28. The Morgan fingerprint density at radius 2 is 1.71 bits per heavy atom. The summed E-state index contributed by atoms with van der Waals surface area (Å²) in [6, 6.07) is 5.50. The Hall–Kier alpha value is -1.97. The number of carbonyl (C=O) groups excluding carboxylic acids is 2. The zero-order chi connectivity index (χ0) is 24.3. The minimum absolute atomic E-state index is 0.0178. The Morgan fingerprint density at radius 1 is 1.09 bits per heavy atom.